The van der Waals surface area contributed by atoms with E-state index in [1.807, 2.05) is 72.8 Å². The first-order valence-corrected chi connectivity index (χ1v) is 10.2. The van der Waals surface area contributed by atoms with Crippen LogP contribution in [0.5, 0.6) is 11.5 Å². The van der Waals surface area contributed by atoms with Gasteiger partial charge in [-0.25, -0.2) is 9.97 Å². The number of aliphatic hydroxyl groups excluding tert-OH is 1. The minimum atomic E-state index is 0. The molecule has 33 heavy (non-hydrogen) atoms. The summed E-state index contributed by atoms with van der Waals surface area (Å²) in [6.45, 7) is 0.382. The Labute approximate surface area is 194 Å². The van der Waals surface area contributed by atoms with Gasteiger partial charge >= 0.3 is 0 Å². The average molecular weight is 443 g/mol. The maximum Gasteiger partial charge on any atom is 0.227 e. The predicted molar refractivity (Wildman–Crippen MR) is 129 cm³/mol. The number of nitrogens with one attached hydrogen (secondary N) is 1. The lowest BCUT2D eigenvalue weighted by atomic mass is 10.1. The van der Waals surface area contributed by atoms with E-state index in [0.717, 1.165) is 35.4 Å². The molecule has 1 aromatic heterocycles. The van der Waals surface area contributed by atoms with E-state index in [-0.39, 0.29) is 1.43 Å². The average Bonchev–Trinajstić information content (AvgIpc) is 2.89. The Balaban J connectivity index is 0.00000133. The van der Waals surface area contributed by atoms with Crippen molar-refractivity contribution in [3.63, 3.8) is 0 Å². The molecule has 0 unspecified atom stereocenters. The molecule has 0 amide bonds. The van der Waals surface area contributed by atoms with Crippen LogP contribution in [0.15, 0.2) is 85.1 Å². The number of ether oxygens (including phenoxy) is 2. The van der Waals surface area contributed by atoms with Gasteiger partial charge in [-0.3, -0.25) is 0 Å². The largest absolute Gasteiger partial charge is 0.497 e. The van der Waals surface area contributed by atoms with Crippen molar-refractivity contribution in [2.24, 2.45) is 0 Å². The third kappa shape index (κ3) is 6.29. The summed E-state index contributed by atoms with van der Waals surface area (Å²) < 4.78 is 11.1. The van der Waals surface area contributed by atoms with Crippen LogP contribution in [0.25, 0.3) is 11.3 Å². The highest BCUT2D eigenvalue weighted by molar-refractivity contribution is 5.66. The summed E-state index contributed by atoms with van der Waals surface area (Å²) in [4.78, 5) is 8.90. The molecular weight excluding hydrogens is 416 g/mol. The van der Waals surface area contributed by atoms with Crippen molar-refractivity contribution in [3.8, 4) is 28.8 Å². The van der Waals surface area contributed by atoms with Gasteiger partial charge in [0.1, 0.15) is 24.2 Å². The van der Waals surface area contributed by atoms with E-state index in [0.29, 0.717) is 23.9 Å². The van der Waals surface area contributed by atoms with Crippen LogP contribution in [0.2, 0.25) is 0 Å². The van der Waals surface area contributed by atoms with Crippen LogP contribution in [-0.2, 0) is 6.61 Å². The van der Waals surface area contributed by atoms with E-state index in [2.05, 4.69) is 21.4 Å². The summed E-state index contributed by atoms with van der Waals surface area (Å²) in [7, 11) is 2.63. The van der Waals surface area contributed by atoms with Crippen LogP contribution < -0.4 is 14.8 Å². The normalized spacial score (nSPS) is 9.76. The zero-order chi connectivity index (χ0) is 23.5. The van der Waals surface area contributed by atoms with Crippen molar-refractivity contribution in [3.05, 3.63) is 96.2 Å². The van der Waals surface area contributed by atoms with Gasteiger partial charge in [-0.2, -0.15) is 5.26 Å². The Hall–Kier alpha value is -4.41. The second kappa shape index (κ2) is 11.8. The number of anilines is 2. The van der Waals surface area contributed by atoms with E-state index < -0.39 is 0 Å². The summed E-state index contributed by atoms with van der Waals surface area (Å²) in [5.41, 5.74) is 3.92. The summed E-state index contributed by atoms with van der Waals surface area (Å²) >= 11 is 0. The fourth-order valence-electron chi connectivity index (χ4n) is 3.01. The SMILES string of the molecule is CO.COc1ccc(Nc2nccc(-c3ccc(C#N)c(OCc4ccccc4)c3)n2)cc1.[HH]. The van der Waals surface area contributed by atoms with Gasteiger partial charge in [-0.1, -0.05) is 36.4 Å². The van der Waals surface area contributed by atoms with Crippen molar-refractivity contribution < 1.29 is 16.0 Å². The van der Waals surface area contributed by atoms with E-state index in [1.54, 1.807) is 19.4 Å². The van der Waals surface area contributed by atoms with Gasteiger partial charge in [0.25, 0.3) is 0 Å². The lowest BCUT2D eigenvalue weighted by molar-refractivity contribution is 0.305. The molecule has 4 aromatic rings. The molecule has 0 aliphatic heterocycles. The second-order valence-corrected chi connectivity index (χ2v) is 6.72. The van der Waals surface area contributed by atoms with Gasteiger partial charge in [-0.05, 0) is 48.0 Å². The highest BCUT2D eigenvalue weighted by atomic mass is 16.5. The number of methoxy groups -OCH3 is 1. The Morgan fingerprint density at radius 1 is 1.00 bits per heavy atom. The number of aliphatic hydroxyl groups is 1. The monoisotopic (exact) mass is 442 g/mol. The molecule has 0 saturated heterocycles. The maximum absolute atomic E-state index is 9.45. The number of benzene rings is 3. The molecule has 0 atom stereocenters. The van der Waals surface area contributed by atoms with Crippen molar-refractivity contribution in [2.75, 3.05) is 19.5 Å². The van der Waals surface area contributed by atoms with E-state index in [4.69, 9.17) is 14.6 Å². The van der Waals surface area contributed by atoms with Crippen LogP contribution in [0.3, 0.4) is 0 Å². The first-order valence-electron chi connectivity index (χ1n) is 10.2. The van der Waals surface area contributed by atoms with E-state index in [1.165, 1.54) is 0 Å². The third-order valence-electron chi connectivity index (χ3n) is 4.64. The molecule has 3 aromatic carbocycles. The summed E-state index contributed by atoms with van der Waals surface area (Å²) in [6, 6.07) is 26.8. The first-order chi connectivity index (χ1) is 16.2. The molecule has 4 rings (SSSR count). The Morgan fingerprint density at radius 2 is 1.76 bits per heavy atom. The fraction of sp³-hybridized carbons (Fsp3) is 0.115. The minimum absolute atomic E-state index is 0. The number of aromatic nitrogens is 2. The summed E-state index contributed by atoms with van der Waals surface area (Å²) in [5.74, 6) is 1.77. The Morgan fingerprint density at radius 3 is 2.45 bits per heavy atom. The number of hydrogen-bond donors (Lipinski definition) is 2. The predicted octanol–water partition coefficient (Wildman–Crippen LogP) is 5.20. The smallest absolute Gasteiger partial charge is 0.227 e. The molecule has 0 aliphatic rings. The zero-order valence-electron chi connectivity index (χ0n) is 18.4. The van der Waals surface area contributed by atoms with Crippen LogP contribution >= 0.6 is 0 Å². The zero-order valence-corrected chi connectivity index (χ0v) is 18.4. The van der Waals surface area contributed by atoms with E-state index in [9.17, 15) is 5.26 Å². The molecule has 0 spiro atoms. The van der Waals surface area contributed by atoms with Crippen LogP contribution in [0.1, 0.15) is 12.6 Å². The molecule has 7 nitrogen and oxygen atoms in total. The van der Waals surface area contributed by atoms with Gasteiger partial charge in [0, 0.05) is 26.0 Å². The Kier molecular flexibility index (Phi) is 8.34. The van der Waals surface area contributed by atoms with Crippen LogP contribution in [-0.4, -0.2) is 29.3 Å². The molecule has 1 heterocycles. The number of nitrogens with zero attached hydrogens (tertiary/aromatic N) is 3. The van der Waals surface area contributed by atoms with Gasteiger partial charge in [0.05, 0.1) is 18.4 Å². The molecule has 2 N–H and O–H groups in total. The number of rotatable bonds is 7. The quantitative estimate of drug-likeness (QED) is 0.406. The maximum atomic E-state index is 9.45. The number of hydrogen-bond acceptors (Lipinski definition) is 7. The molecule has 0 saturated carbocycles. The standard InChI is InChI=1S/C25H20N4O2.CH4O.H2/c1-30-22-11-9-21(10-12-22)28-25-27-14-13-23(29-25)19-7-8-20(16-26)24(15-19)31-17-18-5-3-2-4-6-18;1-2;/h2-15H,17H2,1H3,(H,27,28,29);2H,1H3;1H. The molecule has 7 heteroatoms. The van der Waals surface area contributed by atoms with E-state index >= 15 is 0 Å². The Bertz CT molecular complexity index is 1210. The number of nitriles is 1. The van der Waals surface area contributed by atoms with Gasteiger partial charge in [-0.15, -0.1) is 0 Å². The molecule has 0 aliphatic carbocycles. The molecule has 0 bridgehead atoms. The highest BCUT2D eigenvalue weighted by Gasteiger charge is 2.09. The van der Waals surface area contributed by atoms with Crippen molar-refractivity contribution in [2.45, 2.75) is 6.61 Å². The molecule has 0 radical (unpaired) electrons. The van der Waals surface area contributed by atoms with Crippen LogP contribution in [0, 0.1) is 11.3 Å². The molecular formula is C26H26N4O3. The fourth-order valence-corrected chi connectivity index (χ4v) is 3.01. The minimum Gasteiger partial charge on any atom is -0.497 e. The van der Waals surface area contributed by atoms with Gasteiger partial charge in [0.15, 0.2) is 0 Å². The lowest BCUT2D eigenvalue weighted by Crippen LogP contribution is -1.99. The molecule has 168 valence electrons. The van der Waals surface area contributed by atoms with Crippen molar-refractivity contribution in [1.82, 2.24) is 9.97 Å². The van der Waals surface area contributed by atoms with Crippen molar-refractivity contribution in [1.29, 1.82) is 5.26 Å². The van der Waals surface area contributed by atoms with Crippen molar-refractivity contribution >= 4 is 11.6 Å². The topological polar surface area (TPSA) is 100 Å². The molecule has 0 fully saturated rings. The summed E-state index contributed by atoms with van der Waals surface area (Å²) in [6.07, 6.45) is 1.69. The lowest BCUT2D eigenvalue weighted by Gasteiger charge is -2.11. The van der Waals surface area contributed by atoms with Crippen LogP contribution in [0.4, 0.5) is 11.6 Å². The van der Waals surface area contributed by atoms with Gasteiger partial charge < -0.3 is 19.9 Å². The first kappa shape index (κ1) is 23.3. The van der Waals surface area contributed by atoms with Gasteiger partial charge in [0.2, 0.25) is 5.95 Å². The summed E-state index contributed by atoms with van der Waals surface area (Å²) in [5, 5.41) is 19.6. The second-order valence-electron chi connectivity index (χ2n) is 6.72. The highest BCUT2D eigenvalue weighted by Crippen LogP contribution is 2.27. The third-order valence-corrected chi connectivity index (χ3v) is 4.64.